The van der Waals surface area contributed by atoms with Crippen molar-refractivity contribution in [3.8, 4) is 5.75 Å². The van der Waals surface area contributed by atoms with Crippen LogP contribution in [-0.4, -0.2) is 17.7 Å². The van der Waals surface area contributed by atoms with Crippen molar-refractivity contribution in [1.82, 2.24) is 0 Å². The standard InChI is InChI=1S/C12H15NO3/c1-7-3-4-9-10(8(7)2)16-6-5-12(9,13)11(14)15/h3-4H,5-6,13H2,1-2H3,(H,14,15). The fraction of sp³-hybridized carbons (Fsp3) is 0.417. The van der Waals surface area contributed by atoms with Gasteiger partial charge < -0.3 is 15.6 Å². The lowest BCUT2D eigenvalue weighted by Gasteiger charge is -2.33. The molecule has 0 aliphatic carbocycles. The second kappa shape index (κ2) is 3.49. The van der Waals surface area contributed by atoms with Crippen molar-refractivity contribution >= 4 is 5.97 Å². The van der Waals surface area contributed by atoms with E-state index in [2.05, 4.69) is 0 Å². The van der Waals surface area contributed by atoms with E-state index in [0.717, 1.165) is 11.1 Å². The fourth-order valence-electron chi connectivity index (χ4n) is 2.00. The molecule has 1 unspecified atom stereocenters. The van der Waals surface area contributed by atoms with Crippen molar-refractivity contribution in [2.75, 3.05) is 6.61 Å². The van der Waals surface area contributed by atoms with Crippen molar-refractivity contribution < 1.29 is 14.6 Å². The van der Waals surface area contributed by atoms with Gasteiger partial charge in [-0.25, -0.2) is 4.79 Å². The van der Waals surface area contributed by atoms with E-state index in [1.807, 2.05) is 19.9 Å². The van der Waals surface area contributed by atoms with E-state index in [0.29, 0.717) is 24.3 Å². The molecule has 1 atom stereocenters. The van der Waals surface area contributed by atoms with Gasteiger partial charge in [0.25, 0.3) is 0 Å². The first-order valence-electron chi connectivity index (χ1n) is 5.22. The zero-order chi connectivity index (χ0) is 11.9. The van der Waals surface area contributed by atoms with Crippen LogP contribution in [0.5, 0.6) is 5.75 Å². The number of rotatable bonds is 1. The van der Waals surface area contributed by atoms with Gasteiger partial charge in [0.15, 0.2) is 0 Å². The molecular weight excluding hydrogens is 206 g/mol. The number of nitrogens with two attached hydrogens (primary N) is 1. The Kier molecular flexibility index (Phi) is 2.39. The first-order valence-corrected chi connectivity index (χ1v) is 5.22. The summed E-state index contributed by atoms with van der Waals surface area (Å²) in [6.07, 6.45) is 0.303. The van der Waals surface area contributed by atoms with E-state index in [-0.39, 0.29) is 0 Å². The van der Waals surface area contributed by atoms with E-state index in [1.54, 1.807) is 6.07 Å². The minimum absolute atomic E-state index is 0.303. The Hall–Kier alpha value is -1.55. The van der Waals surface area contributed by atoms with Crippen LogP contribution in [0.25, 0.3) is 0 Å². The van der Waals surface area contributed by atoms with Crippen LogP contribution in [0, 0.1) is 13.8 Å². The maximum Gasteiger partial charge on any atom is 0.328 e. The molecule has 0 spiro atoms. The molecule has 0 radical (unpaired) electrons. The third-order valence-electron chi connectivity index (χ3n) is 3.28. The summed E-state index contributed by atoms with van der Waals surface area (Å²) in [5.41, 5.74) is 7.26. The molecule has 0 aromatic heterocycles. The van der Waals surface area contributed by atoms with Crippen LogP contribution in [0.4, 0.5) is 0 Å². The summed E-state index contributed by atoms with van der Waals surface area (Å²) in [4.78, 5) is 11.3. The highest BCUT2D eigenvalue weighted by atomic mass is 16.5. The Labute approximate surface area is 94.0 Å². The molecule has 1 aromatic rings. The Morgan fingerprint density at radius 2 is 2.19 bits per heavy atom. The Balaban J connectivity index is 2.65. The first-order chi connectivity index (χ1) is 7.47. The Bertz CT molecular complexity index is 456. The summed E-state index contributed by atoms with van der Waals surface area (Å²) in [5.74, 6) is -0.364. The third-order valence-corrected chi connectivity index (χ3v) is 3.28. The maximum atomic E-state index is 11.3. The van der Waals surface area contributed by atoms with Gasteiger partial charge in [-0.15, -0.1) is 0 Å². The van der Waals surface area contributed by atoms with Gasteiger partial charge in [-0.2, -0.15) is 0 Å². The summed E-state index contributed by atoms with van der Waals surface area (Å²) in [5, 5.41) is 9.22. The van der Waals surface area contributed by atoms with Gasteiger partial charge in [0.2, 0.25) is 0 Å². The number of hydrogen-bond acceptors (Lipinski definition) is 3. The van der Waals surface area contributed by atoms with E-state index >= 15 is 0 Å². The third kappa shape index (κ3) is 1.38. The van der Waals surface area contributed by atoms with Gasteiger partial charge in [-0.1, -0.05) is 12.1 Å². The molecule has 4 heteroatoms. The molecule has 1 aliphatic heterocycles. The minimum Gasteiger partial charge on any atom is -0.493 e. The maximum absolute atomic E-state index is 11.3. The average molecular weight is 221 g/mol. The van der Waals surface area contributed by atoms with Gasteiger partial charge in [0, 0.05) is 12.0 Å². The number of benzene rings is 1. The van der Waals surface area contributed by atoms with Crippen LogP contribution in [0.2, 0.25) is 0 Å². The Morgan fingerprint density at radius 1 is 1.50 bits per heavy atom. The summed E-state index contributed by atoms with van der Waals surface area (Å²) in [6, 6.07) is 3.64. The van der Waals surface area contributed by atoms with Gasteiger partial charge in [-0.3, -0.25) is 0 Å². The molecule has 0 saturated heterocycles. The second-order valence-electron chi connectivity index (χ2n) is 4.26. The van der Waals surface area contributed by atoms with Crippen LogP contribution < -0.4 is 10.5 Å². The van der Waals surface area contributed by atoms with Gasteiger partial charge in [-0.05, 0) is 25.0 Å². The van der Waals surface area contributed by atoms with Crippen LogP contribution in [0.1, 0.15) is 23.1 Å². The molecule has 0 fully saturated rings. The topological polar surface area (TPSA) is 72.5 Å². The molecule has 1 aliphatic rings. The lowest BCUT2D eigenvalue weighted by molar-refractivity contribution is -0.144. The van der Waals surface area contributed by atoms with E-state index in [1.165, 1.54) is 0 Å². The number of aliphatic carboxylic acids is 1. The number of carboxylic acids is 1. The zero-order valence-corrected chi connectivity index (χ0v) is 9.41. The van der Waals surface area contributed by atoms with Crippen LogP contribution in [-0.2, 0) is 10.3 Å². The summed E-state index contributed by atoms with van der Waals surface area (Å²) >= 11 is 0. The largest absolute Gasteiger partial charge is 0.493 e. The molecule has 1 heterocycles. The molecule has 16 heavy (non-hydrogen) atoms. The fourth-order valence-corrected chi connectivity index (χ4v) is 2.00. The van der Waals surface area contributed by atoms with E-state index in [9.17, 15) is 9.90 Å². The predicted octanol–water partition coefficient (Wildman–Crippen LogP) is 1.32. The number of carboxylic acid groups (broad SMARTS) is 1. The first kappa shape index (κ1) is 11.0. The lowest BCUT2D eigenvalue weighted by atomic mass is 9.83. The molecule has 0 saturated carbocycles. The molecule has 1 aromatic carbocycles. The van der Waals surface area contributed by atoms with Gasteiger partial charge in [0.05, 0.1) is 6.61 Å². The van der Waals surface area contributed by atoms with Crippen LogP contribution in [0.15, 0.2) is 12.1 Å². The Morgan fingerprint density at radius 3 is 2.81 bits per heavy atom. The van der Waals surface area contributed by atoms with Gasteiger partial charge in [0.1, 0.15) is 11.3 Å². The van der Waals surface area contributed by atoms with Crippen molar-refractivity contribution in [1.29, 1.82) is 0 Å². The number of aryl methyl sites for hydroxylation is 1. The van der Waals surface area contributed by atoms with Crippen molar-refractivity contribution in [2.45, 2.75) is 25.8 Å². The summed E-state index contributed by atoms with van der Waals surface area (Å²) in [7, 11) is 0. The summed E-state index contributed by atoms with van der Waals surface area (Å²) in [6.45, 7) is 4.23. The van der Waals surface area contributed by atoms with Crippen molar-refractivity contribution in [2.24, 2.45) is 5.73 Å². The summed E-state index contributed by atoms with van der Waals surface area (Å²) < 4.78 is 5.54. The smallest absolute Gasteiger partial charge is 0.328 e. The monoisotopic (exact) mass is 221 g/mol. The van der Waals surface area contributed by atoms with Crippen LogP contribution in [0.3, 0.4) is 0 Å². The highest BCUT2D eigenvalue weighted by molar-refractivity contribution is 5.82. The number of hydrogen-bond donors (Lipinski definition) is 2. The molecule has 4 nitrogen and oxygen atoms in total. The lowest BCUT2D eigenvalue weighted by Crippen LogP contribution is -2.48. The van der Waals surface area contributed by atoms with Crippen LogP contribution >= 0.6 is 0 Å². The minimum atomic E-state index is -1.31. The van der Waals surface area contributed by atoms with Gasteiger partial charge >= 0.3 is 5.97 Å². The quantitative estimate of drug-likeness (QED) is 0.750. The highest BCUT2D eigenvalue weighted by Crippen LogP contribution is 2.38. The number of ether oxygens (including phenoxy) is 1. The highest BCUT2D eigenvalue weighted by Gasteiger charge is 2.41. The number of fused-ring (bicyclic) bond motifs is 1. The second-order valence-corrected chi connectivity index (χ2v) is 4.26. The van der Waals surface area contributed by atoms with Crippen molar-refractivity contribution in [3.05, 3.63) is 28.8 Å². The van der Waals surface area contributed by atoms with E-state index < -0.39 is 11.5 Å². The molecule has 3 N–H and O–H groups in total. The molecule has 86 valence electrons. The average Bonchev–Trinajstić information content (AvgIpc) is 2.24. The van der Waals surface area contributed by atoms with E-state index in [4.69, 9.17) is 10.5 Å². The normalized spacial score (nSPS) is 23.4. The predicted molar refractivity (Wildman–Crippen MR) is 59.5 cm³/mol. The van der Waals surface area contributed by atoms with Crippen molar-refractivity contribution in [3.63, 3.8) is 0 Å². The SMILES string of the molecule is Cc1ccc2c(c1C)OCCC2(N)C(=O)O. The number of carbonyl (C=O) groups is 1. The molecule has 0 amide bonds. The molecule has 2 rings (SSSR count). The zero-order valence-electron chi connectivity index (χ0n) is 9.41. The molecule has 0 bridgehead atoms. The molecular formula is C12H15NO3.